The Labute approximate surface area is 320 Å². The highest BCUT2D eigenvalue weighted by Gasteiger charge is 2.35. The standard InChI is InChI=1S/C52H35N3/c1-52(2)45-9-4-3-8-42(45)43-24-22-40(30-46(43)52)48-31-47(54-51(55-48)39-18-10-32(11-19-39)33-26-28-53-29-27-33)35-14-12-34(13-15-35)41-23-20-38-17-16-36-6-5-7-37-21-25-44(41)50(38)49(36)37/h3-31H,1-2H3. The first-order valence-electron chi connectivity index (χ1n) is 18.9. The van der Waals surface area contributed by atoms with Gasteiger partial charge in [-0.15, -0.1) is 0 Å². The van der Waals surface area contributed by atoms with E-state index in [1.165, 1.54) is 65.7 Å². The molecule has 0 saturated heterocycles. The van der Waals surface area contributed by atoms with Crippen molar-refractivity contribution in [1.82, 2.24) is 15.0 Å². The molecular weight excluding hydrogens is 667 g/mol. The molecule has 0 spiro atoms. The summed E-state index contributed by atoms with van der Waals surface area (Å²) in [5.74, 6) is 0.702. The molecule has 3 nitrogen and oxygen atoms in total. The fourth-order valence-electron chi connectivity index (χ4n) is 8.90. The number of pyridine rings is 1. The number of rotatable bonds is 5. The molecule has 10 aromatic rings. The number of aromatic nitrogens is 3. The Kier molecular flexibility index (Phi) is 6.90. The van der Waals surface area contributed by atoms with E-state index in [2.05, 4.69) is 170 Å². The highest BCUT2D eigenvalue weighted by atomic mass is 14.9. The molecule has 0 amide bonds. The molecule has 1 aliphatic rings. The van der Waals surface area contributed by atoms with Gasteiger partial charge < -0.3 is 0 Å². The van der Waals surface area contributed by atoms with Gasteiger partial charge in [-0.1, -0.05) is 153 Å². The number of nitrogens with zero attached hydrogens (tertiary/aromatic N) is 3. The Bertz CT molecular complexity index is 3070. The average molecular weight is 702 g/mol. The van der Waals surface area contributed by atoms with Crippen LogP contribution in [0.4, 0.5) is 0 Å². The first kappa shape index (κ1) is 31.5. The fourth-order valence-corrected chi connectivity index (χ4v) is 8.90. The zero-order valence-electron chi connectivity index (χ0n) is 30.6. The molecule has 1 aliphatic carbocycles. The van der Waals surface area contributed by atoms with Crippen LogP contribution >= 0.6 is 0 Å². The maximum Gasteiger partial charge on any atom is 0.160 e. The van der Waals surface area contributed by atoms with E-state index in [0.717, 1.165) is 39.2 Å². The minimum absolute atomic E-state index is 0.107. The van der Waals surface area contributed by atoms with Gasteiger partial charge in [-0.25, -0.2) is 9.97 Å². The van der Waals surface area contributed by atoms with E-state index in [9.17, 15) is 0 Å². The summed E-state index contributed by atoms with van der Waals surface area (Å²) in [5, 5.41) is 7.78. The summed E-state index contributed by atoms with van der Waals surface area (Å²) >= 11 is 0. The van der Waals surface area contributed by atoms with Crippen LogP contribution in [-0.2, 0) is 5.41 Å². The second kappa shape index (κ2) is 12.0. The van der Waals surface area contributed by atoms with Crippen molar-refractivity contribution >= 4 is 32.3 Å². The first-order chi connectivity index (χ1) is 27.0. The second-order valence-corrected chi connectivity index (χ2v) is 15.3. The van der Waals surface area contributed by atoms with E-state index < -0.39 is 0 Å². The third-order valence-electron chi connectivity index (χ3n) is 11.8. The van der Waals surface area contributed by atoms with Crippen molar-refractivity contribution in [3.63, 3.8) is 0 Å². The van der Waals surface area contributed by atoms with Gasteiger partial charge in [0, 0.05) is 34.5 Å². The topological polar surface area (TPSA) is 38.7 Å². The van der Waals surface area contributed by atoms with Gasteiger partial charge in [-0.2, -0.15) is 0 Å². The number of hydrogen-bond acceptors (Lipinski definition) is 3. The molecule has 0 radical (unpaired) electrons. The maximum atomic E-state index is 5.24. The molecule has 258 valence electrons. The normalized spacial score (nSPS) is 13.1. The van der Waals surface area contributed by atoms with Crippen molar-refractivity contribution in [3.8, 4) is 67.3 Å². The van der Waals surface area contributed by atoms with Gasteiger partial charge in [-0.05, 0) is 101 Å². The van der Waals surface area contributed by atoms with E-state index >= 15 is 0 Å². The molecule has 2 heterocycles. The molecule has 0 saturated carbocycles. The summed E-state index contributed by atoms with van der Waals surface area (Å²) in [7, 11) is 0. The number of benzene rings is 8. The maximum absolute atomic E-state index is 5.24. The van der Waals surface area contributed by atoms with Gasteiger partial charge in [-0.3, -0.25) is 4.98 Å². The Morgan fingerprint density at radius 3 is 1.73 bits per heavy atom. The highest BCUT2D eigenvalue weighted by molar-refractivity contribution is 6.25. The summed E-state index contributed by atoms with van der Waals surface area (Å²) in [6.45, 7) is 4.65. The van der Waals surface area contributed by atoms with Crippen LogP contribution in [0.25, 0.3) is 99.6 Å². The van der Waals surface area contributed by atoms with Crippen molar-refractivity contribution in [2.45, 2.75) is 19.3 Å². The molecule has 8 aromatic carbocycles. The predicted molar refractivity (Wildman–Crippen MR) is 228 cm³/mol. The van der Waals surface area contributed by atoms with Gasteiger partial charge in [0.2, 0.25) is 0 Å². The minimum Gasteiger partial charge on any atom is -0.265 e. The smallest absolute Gasteiger partial charge is 0.160 e. The van der Waals surface area contributed by atoms with E-state index in [1.807, 2.05) is 24.5 Å². The summed E-state index contributed by atoms with van der Waals surface area (Å²) in [6.07, 6.45) is 3.65. The monoisotopic (exact) mass is 701 g/mol. The summed E-state index contributed by atoms with van der Waals surface area (Å²) < 4.78 is 0. The van der Waals surface area contributed by atoms with E-state index in [4.69, 9.17) is 9.97 Å². The lowest BCUT2D eigenvalue weighted by atomic mass is 9.82. The van der Waals surface area contributed by atoms with Crippen molar-refractivity contribution in [3.05, 3.63) is 187 Å². The van der Waals surface area contributed by atoms with Crippen molar-refractivity contribution in [2.75, 3.05) is 0 Å². The van der Waals surface area contributed by atoms with Gasteiger partial charge in [0.25, 0.3) is 0 Å². The predicted octanol–water partition coefficient (Wildman–Crippen LogP) is 13.4. The molecule has 3 heteroatoms. The lowest BCUT2D eigenvalue weighted by Gasteiger charge is -2.22. The van der Waals surface area contributed by atoms with Crippen LogP contribution in [0.1, 0.15) is 25.0 Å². The van der Waals surface area contributed by atoms with E-state index in [0.29, 0.717) is 5.82 Å². The lowest BCUT2D eigenvalue weighted by molar-refractivity contribution is 0.660. The van der Waals surface area contributed by atoms with Gasteiger partial charge in [0.15, 0.2) is 5.82 Å². The molecule has 55 heavy (non-hydrogen) atoms. The number of fused-ring (bicyclic) bond motifs is 3. The van der Waals surface area contributed by atoms with Crippen LogP contribution in [0.2, 0.25) is 0 Å². The molecule has 0 fully saturated rings. The molecule has 0 bridgehead atoms. The summed E-state index contributed by atoms with van der Waals surface area (Å²) in [5.41, 5.74) is 14.8. The van der Waals surface area contributed by atoms with Crippen LogP contribution in [0.15, 0.2) is 176 Å². The minimum atomic E-state index is -0.107. The molecule has 0 unspecified atom stereocenters. The van der Waals surface area contributed by atoms with Crippen LogP contribution in [0, 0.1) is 0 Å². The zero-order chi connectivity index (χ0) is 36.7. The molecule has 0 N–H and O–H groups in total. The Hall–Kier alpha value is -6.97. The van der Waals surface area contributed by atoms with Crippen molar-refractivity contribution < 1.29 is 0 Å². The summed E-state index contributed by atoms with van der Waals surface area (Å²) in [6, 6.07) is 59.4. The average Bonchev–Trinajstić information content (AvgIpc) is 3.48. The number of hydrogen-bond donors (Lipinski definition) is 0. The second-order valence-electron chi connectivity index (χ2n) is 15.3. The Balaban J connectivity index is 1.03. The Morgan fingerprint density at radius 1 is 0.382 bits per heavy atom. The van der Waals surface area contributed by atoms with Gasteiger partial charge in [0.05, 0.1) is 11.4 Å². The molecule has 0 atom stereocenters. The third kappa shape index (κ3) is 5.01. The van der Waals surface area contributed by atoms with Gasteiger partial charge in [0.1, 0.15) is 0 Å². The van der Waals surface area contributed by atoms with Crippen molar-refractivity contribution in [2.24, 2.45) is 0 Å². The molecule has 2 aromatic heterocycles. The highest BCUT2D eigenvalue weighted by Crippen LogP contribution is 2.49. The first-order valence-corrected chi connectivity index (χ1v) is 18.9. The molecule has 0 aliphatic heterocycles. The molecule has 11 rings (SSSR count). The van der Waals surface area contributed by atoms with Crippen molar-refractivity contribution in [1.29, 1.82) is 0 Å². The van der Waals surface area contributed by atoms with Crippen LogP contribution in [0.5, 0.6) is 0 Å². The quantitative estimate of drug-likeness (QED) is 0.168. The van der Waals surface area contributed by atoms with Crippen LogP contribution in [-0.4, -0.2) is 15.0 Å². The van der Waals surface area contributed by atoms with E-state index in [1.54, 1.807) is 0 Å². The van der Waals surface area contributed by atoms with E-state index in [-0.39, 0.29) is 5.41 Å². The third-order valence-corrected chi connectivity index (χ3v) is 11.8. The van der Waals surface area contributed by atoms with Gasteiger partial charge >= 0.3 is 0 Å². The SMILES string of the molecule is CC1(C)c2ccccc2-c2ccc(-c3cc(-c4ccc(-c5ccc6ccc7cccc8ccc5c6c78)cc4)nc(-c4ccc(-c5ccncc5)cc4)n3)cc21. The van der Waals surface area contributed by atoms with Crippen LogP contribution in [0.3, 0.4) is 0 Å². The largest absolute Gasteiger partial charge is 0.265 e. The molecular formula is C52H35N3. The zero-order valence-corrected chi connectivity index (χ0v) is 30.6. The fraction of sp³-hybridized carbons (Fsp3) is 0.0577. The van der Waals surface area contributed by atoms with Crippen LogP contribution < -0.4 is 0 Å². The Morgan fingerprint density at radius 2 is 0.945 bits per heavy atom. The lowest BCUT2D eigenvalue weighted by Crippen LogP contribution is -2.14. The summed E-state index contributed by atoms with van der Waals surface area (Å²) in [4.78, 5) is 14.7.